The maximum Gasteiger partial charge on any atom is 0.0588 e. The minimum Gasteiger partial charge on any atom is -0.379 e. The van der Waals surface area contributed by atoms with Crippen LogP contribution in [0.5, 0.6) is 0 Å². The van der Waals surface area contributed by atoms with Crippen molar-refractivity contribution in [3.05, 3.63) is 35.4 Å². The van der Waals surface area contributed by atoms with E-state index in [-0.39, 0.29) is 10.8 Å². The van der Waals surface area contributed by atoms with Crippen LogP contribution in [-0.4, -0.2) is 19.8 Å². The minimum atomic E-state index is 0.190. The van der Waals surface area contributed by atoms with Gasteiger partial charge in [0.2, 0.25) is 0 Å². The molecule has 1 aromatic carbocycles. The second-order valence-electron chi connectivity index (χ2n) is 6.95. The van der Waals surface area contributed by atoms with Gasteiger partial charge in [0.1, 0.15) is 0 Å². The number of nitrogens with two attached hydrogens (primary N) is 1. The maximum atomic E-state index is 5.72. The molecule has 1 aromatic rings. The van der Waals surface area contributed by atoms with Crippen molar-refractivity contribution < 1.29 is 4.74 Å². The molecule has 1 aliphatic heterocycles. The Morgan fingerprint density at radius 2 is 1.79 bits per heavy atom. The summed E-state index contributed by atoms with van der Waals surface area (Å²) in [6.07, 6.45) is 1.06. The number of ether oxygens (including phenoxy) is 1. The first-order chi connectivity index (χ1) is 8.90. The summed E-state index contributed by atoms with van der Waals surface area (Å²) in [5, 5.41) is 0. The van der Waals surface area contributed by atoms with Gasteiger partial charge in [-0.3, -0.25) is 0 Å². The lowest BCUT2D eigenvalue weighted by atomic mass is 9.68. The molecule has 2 heteroatoms. The Morgan fingerprint density at radius 3 is 2.16 bits per heavy atom. The van der Waals surface area contributed by atoms with Crippen LogP contribution in [0.4, 0.5) is 0 Å². The molecule has 0 amide bonds. The smallest absolute Gasteiger partial charge is 0.0588 e. The van der Waals surface area contributed by atoms with Crippen molar-refractivity contribution >= 4 is 0 Å². The molecular formula is C17H27NO. The van der Waals surface area contributed by atoms with E-state index in [1.165, 1.54) is 11.1 Å². The zero-order chi connectivity index (χ0) is 14.1. The van der Waals surface area contributed by atoms with Gasteiger partial charge in [-0.15, -0.1) is 0 Å². The van der Waals surface area contributed by atoms with Gasteiger partial charge in [0, 0.05) is 5.41 Å². The molecule has 0 bridgehead atoms. The van der Waals surface area contributed by atoms with Crippen LogP contribution in [0.1, 0.15) is 45.2 Å². The molecule has 0 radical (unpaired) electrons. The van der Waals surface area contributed by atoms with E-state index >= 15 is 0 Å². The summed E-state index contributed by atoms with van der Waals surface area (Å²) >= 11 is 0. The highest BCUT2D eigenvalue weighted by Gasteiger charge is 2.44. The van der Waals surface area contributed by atoms with Crippen molar-refractivity contribution in [3.63, 3.8) is 0 Å². The summed E-state index contributed by atoms with van der Waals surface area (Å²) in [6.45, 7) is 11.5. The molecule has 2 rings (SSSR count). The molecule has 0 aliphatic carbocycles. The van der Waals surface area contributed by atoms with Crippen molar-refractivity contribution in [1.82, 2.24) is 0 Å². The fourth-order valence-corrected chi connectivity index (χ4v) is 2.89. The van der Waals surface area contributed by atoms with Crippen LogP contribution < -0.4 is 5.73 Å². The highest BCUT2D eigenvalue weighted by molar-refractivity contribution is 5.34. The quantitative estimate of drug-likeness (QED) is 0.903. The summed E-state index contributed by atoms with van der Waals surface area (Å²) < 4.78 is 5.52. The number of benzene rings is 1. The Balaban J connectivity index is 2.25. The largest absolute Gasteiger partial charge is 0.379 e. The van der Waals surface area contributed by atoms with Gasteiger partial charge >= 0.3 is 0 Å². The van der Waals surface area contributed by atoms with Crippen LogP contribution >= 0.6 is 0 Å². The Kier molecular flexibility index (Phi) is 4.03. The molecule has 1 aliphatic rings. The van der Waals surface area contributed by atoms with Crippen LogP contribution in [-0.2, 0) is 15.6 Å². The third kappa shape index (κ3) is 2.70. The Morgan fingerprint density at radius 1 is 1.21 bits per heavy atom. The number of hydrogen-bond donors (Lipinski definition) is 1. The van der Waals surface area contributed by atoms with E-state index in [4.69, 9.17) is 10.5 Å². The van der Waals surface area contributed by atoms with Gasteiger partial charge in [-0.1, -0.05) is 52.0 Å². The topological polar surface area (TPSA) is 35.2 Å². The average Bonchev–Trinajstić information content (AvgIpc) is 2.27. The molecule has 1 atom stereocenters. The highest BCUT2D eigenvalue weighted by atomic mass is 16.5. The van der Waals surface area contributed by atoms with Crippen LogP contribution in [0.15, 0.2) is 24.3 Å². The van der Waals surface area contributed by atoms with Crippen molar-refractivity contribution in [2.24, 2.45) is 11.7 Å². The summed E-state index contributed by atoms with van der Waals surface area (Å²) in [5.41, 5.74) is 8.92. The Bertz CT molecular complexity index is 412. The van der Waals surface area contributed by atoms with Crippen molar-refractivity contribution in [1.29, 1.82) is 0 Å². The lowest BCUT2D eigenvalue weighted by Crippen LogP contribution is -2.52. The first-order valence-electron chi connectivity index (χ1n) is 7.29. The maximum absolute atomic E-state index is 5.72. The minimum absolute atomic E-state index is 0.190. The van der Waals surface area contributed by atoms with Crippen molar-refractivity contribution in [2.45, 2.75) is 44.9 Å². The molecular weight excluding hydrogens is 234 g/mol. The van der Waals surface area contributed by atoms with E-state index in [0.29, 0.717) is 5.92 Å². The molecule has 2 nitrogen and oxygen atoms in total. The van der Waals surface area contributed by atoms with E-state index < -0.39 is 0 Å². The van der Waals surface area contributed by atoms with E-state index in [2.05, 4.69) is 52.0 Å². The van der Waals surface area contributed by atoms with Gasteiger partial charge in [0.25, 0.3) is 0 Å². The van der Waals surface area contributed by atoms with E-state index in [0.717, 1.165) is 26.2 Å². The molecule has 1 saturated heterocycles. The average molecular weight is 261 g/mol. The van der Waals surface area contributed by atoms with Gasteiger partial charge in [-0.2, -0.15) is 0 Å². The lowest BCUT2D eigenvalue weighted by molar-refractivity contribution is -0.0883. The molecule has 106 valence electrons. The fraction of sp³-hybridized carbons (Fsp3) is 0.647. The normalized spacial score (nSPS) is 19.8. The summed E-state index contributed by atoms with van der Waals surface area (Å²) in [4.78, 5) is 0. The van der Waals surface area contributed by atoms with Gasteiger partial charge < -0.3 is 10.5 Å². The Hall–Kier alpha value is -0.860. The number of rotatable bonds is 4. The second-order valence-corrected chi connectivity index (χ2v) is 6.95. The van der Waals surface area contributed by atoms with Gasteiger partial charge in [0.05, 0.1) is 13.2 Å². The monoisotopic (exact) mass is 261 g/mol. The third-order valence-corrected chi connectivity index (χ3v) is 4.59. The van der Waals surface area contributed by atoms with E-state index in [1.807, 2.05) is 0 Å². The first-order valence-corrected chi connectivity index (χ1v) is 7.29. The molecule has 2 N–H and O–H groups in total. The standard InChI is InChI=1S/C17H27NO/c1-13(9-10-18)17(11-19-12-17)15-7-5-14(6-8-15)16(2,3)4/h5-8,13H,9-12,18H2,1-4H3. The molecule has 1 unspecified atom stereocenters. The molecule has 0 aromatic heterocycles. The van der Waals surface area contributed by atoms with E-state index in [1.54, 1.807) is 0 Å². The van der Waals surface area contributed by atoms with Crippen LogP contribution in [0.2, 0.25) is 0 Å². The molecule has 1 fully saturated rings. The zero-order valence-electron chi connectivity index (χ0n) is 12.7. The first kappa shape index (κ1) is 14.5. The fourth-order valence-electron chi connectivity index (χ4n) is 2.89. The van der Waals surface area contributed by atoms with Gasteiger partial charge in [0.15, 0.2) is 0 Å². The third-order valence-electron chi connectivity index (χ3n) is 4.59. The predicted molar refractivity (Wildman–Crippen MR) is 80.5 cm³/mol. The molecule has 0 spiro atoms. The predicted octanol–water partition coefficient (Wildman–Crippen LogP) is 3.24. The van der Waals surface area contributed by atoms with Gasteiger partial charge in [-0.25, -0.2) is 0 Å². The number of hydrogen-bond acceptors (Lipinski definition) is 2. The van der Waals surface area contributed by atoms with Crippen molar-refractivity contribution in [3.8, 4) is 0 Å². The van der Waals surface area contributed by atoms with Crippen LogP contribution in [0.25, 0.3) is 0 Å². The lowest BCUT2D eigenvalue weighted by Gasteiger charge is -2.46. The molecule has 0 saturated carbocycles. The second kappa shape index (κ2) is 5.26. The SMILES string of the molecule is CC(CCN)C1(c2ccc(C(C)(C)C)cc2)COC1. The summed E-state index contributed by atoms with van der Waals surface area (Å²) in [6, 6.07) is 9.11. The summed E-state index contributed by atoms with van der Waals surface area (Å²) in [5.74, 6) is 0.576. The molecule has 19 heavy (non-hydrogen) atoms. The summed E-state index contributed by atoms with van der Waals surface area (Å²) in [7, 11) is 0. The van der Waals surface area contributed by atoms with E-state index in [9.17, 15) is 0 Å². The zero-order valence-corrected chi connectivity index (χ0v) is 12.7. The van der Waals surface area contributed by atoms with Crippen LogP contribution in [0.3, 0.4) is 0 Å². The van der Waals surface area contributed by atoms with Crippen LogP contribution in [0, 0.1) is 5.92 Å². The van der Waals surface area contributed by atoms with Gasteiger partial charge in [-0.05, 0) is 35.4 Å². The highest BCUT2D eigenvalue weighted by Crippen LogP contribution is 2.41. The molecule has 1 heterocycles. The Labute approximate surface area is 117 Å². The van der Waals surface area contributed by atoms with Crippen molar-refractivity contribution in [2.75, 3.05) is 19.8 Å².